The van der Waals surface area contributed by atoms with Crippen molar-refractivity contribution in [3.8, 4) is 0 Å². The SMILES string of the molecule is Cc1csc(=Nc2ccc(Cl)c(Cl)c2)n1CCC[NH+]1CCOCC1. The van der Waals surface area contributed by atoms with E-state index >= 15 is 0 Å². The number of halogens is 2. The number of benzene rings is 1. The van der Waals surface area contributed by atoms with Crippen molar-refractivity contribution >= 4 is 40.2 Å². The minimum absolute atomic E-state index is 0.536. The molecular formula is C17H22Cl2N3OS+. The van der Waals surface area contributed by atoms with E-state index in [-0.39, 0.29) is 0 Å². The molecule has 1 aliphatic heterocycles. The molecule has 1 aromatic heterocycles. The van der Waals surface area contributed by atoms with Crippen LogP contribution in [0.5, 0.6) is 0 Å². The van der Waals surface area contributed by atoms with Gasteiger partial charge in [0.05, 0.1) is 35.5 Å². The number of aryl methyl sites for hydroxylation is 1. The Hall–Kier alpha value is -0.850. The number of hydrogen-bond donors (Lipinski definition) is 1. The van der Waals surface area contributed by atoms with Crippen LogP contribution in [0.25, 0.3) is 0 Å². The molecule has 2 aromatic rings. The number of rotatable bonds is 5. The number of aromatic nitrogens is 1. The van der Waals surface area contributed by atoms with Crippen molar-refractivity contribution in [3.63, 3.8) is 0 Å². The zero-order valence-corrected chi connectivity index (χ0v) is 16.1. The Morgan fingerprint density at radius 3 is 2.79 bits per heavy atom. The summed E-state index contributed by atoms with van der Waals surface area (Å²) in [4.78, 5) is 7.38. The van der Waals surface area contributed by atoms with Crippen LogP contribution in [0.2, 0.25) is 10.0 Å². The molecule has 4 nitrogen and oxygen atoms in total. The molecule has 2 heterocycles. The third-order valence-corrected chi connectivity index (χ3v) is 5.95. The lowest BCUT2D eigenvalue weighted by molar-refractivity contribution is -0.908. The van der Waals surface area contributed by atoms with Gasteiger partial charge in [-0.05, 0) is 25.1 Å². The van der Waals surface area contributed by atoms with Crippen molar-refractivity contribution in [3.05, 3.63) is 44.1 Å². The molecule has 130 valence electrons. The number of quaternary nitrogens is 1. The van der Waals surface area contributed by atoms with E-state index in [1.54, 1.807) is 28.4 Å². The molecule has 1 N–H and O–H groups in total. The first-order valence-electron chi connectivity index (χ1n) is 8.19. The number of ether oxygens (including phenoxy) is 1. The summed E-state index contributed by atoms with van der Waals surface area (Å²) in [6, 6.07) is 5.49. The van der Waals surface area contributed by atoms with Crippen LogP contribution in [0.3, 0.4) is 0 Å². The maximum atomic E-state index is 6.09. The van der Waals surface area contributed by atoms with Crippen molar-refractivity contribution in [2.45, 2.75) is 19.9 Å². The molecule has 24 heavy (non-hydrogen) atoms. The van der Waals surface area contributed by atoms with Gasteiger partial charge in [-0.1, -0.05) is 23.2 Å². The molecule has 0 amide bonds. The minimum atomic E-state index is 0.536. The normalized spacial score (nSPS) is 16.7. The van der Waals surface area contributed by atoms with E-state index in [0.29, 0.717) is 10.0 Å². The number of thiazole rings is 1. The smallest absolute Gasteiger partial charge is 0.190 e. The summed E-state index contributed by atoms with van der Waals surface area (Å²) >= 11 is 13.7. The highest BCUT2D eigenvalue weighted by Crippen LogP contribution is 2.26. The molecule has 0 saturated carbocycles. The molecule has 0 spiro atoms. The van der Waals surface area contributed by atoms with Gasteiger partial charge < -0.3 is 14.2 Å². The summed E-state index contributed by atoms with van der Waals surface area (Å²) in [5.41, 5.74) is 2.08. The third kappa shape index (κ3) is 4.61. The van der Waals surface area contributed by atoms with E-state index in [4.69, 9.17) is 32.9 Å². The van der Waals surface area contributed by atoms with Gasteiger partial charge in [0.1, 0.15) is 13.1 Å². The van der Waals surface area contributed by atoms with Gasteiger partial charge in [-0.25, -0.2) is 4.99 Å². The zero-order chi connectivity index (χ0) is 16.9. The Morgan fingerprint density at radius 1 is 1.25 bits per heavy atom. The molecule has 0 radical (unpaired) electrons. The van der Waals surface area contributed by atoms with E-state index in [0.717, 1.165) is 49.8 Å². The predicted molar refractivity (Wildman–Crippen MR) is 99.7 cm³/mol. The first-order chi connectivity index (χ1) is 11.6. The first kappa shape index (κ1) is 18.0. The fourth-order valence-electron chi connectivity index (χ4n) is 2.84. The van der Waals surface area contributed by atoms with Crippen LogP contribution in [-0.2, 0) is 11.3 Å². The van der Waals surface area contributed by atoms with Crippen LogP contribution in [0.1, 0.15) is 12.1 Å². The van der Waals surface area contributed by atoms with Gasteiger partial charge in [0.15, 0.2) is 4.80 Å². The van der Waals surface area contributed by atoms with Crippen molar-refractivity contribution in [2.24, 2.45) is 4.99 Å². The van der Waals surface area contributed by atoms with Crippen LogP contribution in [0.15, 0.2) is 28.6 Å². The maximum Gasteiger partial charge on any atom is 0.190 e. The standard InChI is InChI=1S/C17H21Cl2N3OS/c1-13-12-24-17(20-14-3-4-15(18)16(19)11-14)22(13)6-2-5-21-7-9-23-10-8-21/h3-4,11-12H,2,5-10H2,1H3/p+1. The average molecular weight is 387 g/mol. The molecule has 0 bridgehead atoms. The largest absolute Gasteiger partial charge is 0.370 e. The van der Waals surface area contributed by atoms with E-state index in [2.05, 4.69) is 16.9 Å². The second-order valence-corrected chi connectivity index (χ2v) is 7.64. The van der Waals surface area contributed by atoms with Crippen molar-refractivity contribution in [2.75, 3.05) is 32.8 Å². The second-order valence-electron chi connectivity index (χ2n) is 5.99. The van der Waals surface area contributed by atoms with E-state index in [1.807, 2.05) is 6.07 Å². The Bertz CT molecular complexity index is 751. The first-order valence-corrected chi connectivity index (χ1v) is 9.83. The molecule has 0 atom stereocenters. The number of hydrogen-bond acceptors (Lipinski definition) is 3. The Morgan fingerprint density at radius 2 is 2.04 bits per heavy atom. The van der Waals surface area contributed by atoms with Gasteiger partial charge in [-0.3, -0.25) is 0 Å². The van der Waals surface area contributed by atoms with E-state index in [1.165, 1.54) is 12.2 Å². The summed E-state index contributed by atoms with van der Waals surface area (Å²) < 4.78 is 7.70. The van der Waals surface area contributed by atoms with Crippen molar-refractivity contribution in [1.82, 2.24) is 4.57 Å². The topological polar surface area (TPSA) is 31.0 Å². The average Bonchev–Trinajstić information content (AvgIpc) is 2.92. The number of nitrogens with zero attached hydrogens (tertiary/aromatic N) is 2. The monoisotopic (exact) mass is 386 g/mol. The van der Waals surface area contributed by atoms with Crippen LogP contribution in [-0.4, -0.2) is 37.4 Å². The van der Waals surface area contributed by atoms with Crippen molar-refractivity contribution < 1.29 is 9.64 Å². The number of morpholine rings is 1. The summed E-state index contributed by atoms with van der Waals surface area (Å²) in [5, 5.41) is 3.24. The lowest BCUT2D eigenvalue weighted by Crippen LogP contribution is -3.14. The molecular weight excluding hydrogens is 365 g/mol. The molecule has 1 fully saturated rings. The number of nitrogens with one attached hydrogen (secondary N) is 1. The Kier molecular flexibility index (Phi) is 6.36. The lowest BCUT2D eigenvalue weighted by Gasteiger charge is -2.23. The van der Waals surface area contributed by atoms with E-state index in [9.17, 15) is 0 Å². The van der Waals surface area contributed by atoms with Gasteiger partial charge in [0.2, 0.25) is 0 Å². The summed E-state index contributed by atoms with van der Waals surface area (Å²) in [7, 11) is 0. The highest BCUT2D eigenvalue weighted by atomic mass is 35.5. The Labute approximate surface area is 156 Å². The van der Waals surface area contributed by atoms with Gasteiger partial charge in [0.25, 0.3) is 0 Å². The second kappa shape index (κ2) is 8.50. The molecule has 7 heteroatoms. The van der Waals surface area contributed by atoms with Crippen LogP contribution in [0.4, 0.5) is 5.69 Å². The summed E-state index contributed by atoms with van der Waals surface area (Å²) in [5.74, 6) is 0. The molecule has 0 unspecified atom stereocenters. The van der Waals surface area contributed by atoms with Gasteiger partial charge in [0, 0.05) is 24.0 Å². The quantitative estimate of drug-likeness (QED) is 0.841. The molecule has 1 aliphatic rings. The Balaban J connectivity index is 1.70. The summed E-state index contributed by atoms with van der Waals surface area (Å²) in [6.07, 6.45) is 1.14. The zero-order valence-electron chi connectivity index (χ0n) is 13.7. The van der Waals surface area contributed by atoms with Crippen molar-refractivity contribution in [1.29, 1.82) is 0 Å². The fourth-order valence-corrected chi connectivity index (χ4v) is 4.05. The van der Waals surface area contributed by atoms with Crippen LogP contribution in [0, 0.1) is 6.92 Å². The summed E-state index contributed by atoms with van der Waals surface area (Å²) in [6.45, 7) is 8.31. The van der Waals surface area contributed by atoms with Gasteiger partial charge >= 0.3 is 0 Å². The highest BCUT2D eigenvalue weighted by Gasteiger charge is 2.13. The molecule has 3 rings (SSSR count). The maximum absolute atomic E-state index is 6.09. The van der Waals surface area contributed by atoms with Gasteiger partial charge in [-0.2, -0.15) is 0 Å². The lowest BCUT2D eigenvalue weighted by atomic mass is 10.3. The third-order valence-electron chi connectivity index (χ3n) is 4.23. The van der Waals surface area contributed by atoms with E-state index < -0.39 is 0 Å². The molecule has 1 saturated heterocycles. The van der Waals surface area contributed by atoms with Gasteiger partial charge in [-0.15, -0.1) is 11.3 Å². The predicted octanol–water partition coefficient (Wildman–Crippen LogP) is 2.70. The fraction of sp³-hybridized carbons (Fsp3) is 0.471. The molecule has 0 aliphatic carbocycles. The van der Waals surface area contributed by atoms with Crippen LogP contribution >= 0.6 is 34.5 Å². The molecule has 1 aromatic carbocycles. The highest BCUT2D eigenvalue weighted by molar-refractivity contribution is 7.07. The van der Waals surface area contributed by atoms with Crippen LogP contribution < -0.4 is 9.70 Å². The minimum Gasteiger partial charge on any atom is -0.370 e.